The highest BCUT2D eigenvalue weighted by Gasteiger charge is 2.33. The van der Waals surface area contributed by atoms with Gasteiger partial charge in [0.25, 0.3) is 0 Å². The Morgan fingerprint density at radius 1 is 1.28 bits per heavy atom. The Morgan fingerprint density at radius 3 is 2.68 bits per heavy atom. The maximum atomic E-state index is 12.4. The summed E-state index contributed by atoms with van der Waals surface area (Å²) in [5.74, 6) is -1.16. The summed E-state index contributed by atoms with van der Waals surface area (Å²) in [6.45, 7) is -1.23. The first-order chi connectivity index (χ1) is 11.7. The molecule has 10 heteroatoms. The molecule has 1 unspecified atom stereocenters. The summed E-state index contributed by atoms with van der Waals surface area (Å²) >= 11 is 11.9. The number of halogens is 5. The molecule has 5 nitrogen and oxygen atoms in total. The number of rotatable bonds is 5. The maximum absolute atomic E-state index is 12.4. The normalized spacial score (nSPS) is 18.2. The fourth-order valence-electron chi connectivity index (χ4n) is 2.56. The van der Waals surface area contributed by atoms with Crippen LogP contribution >= 0.6 is 23.2 Å². The Hall–Kier alpha value is -1.51. The Kier molecular flexibility index (Phi) is 6.53. The van der Waals surface area contributed by atoms with E-state index in [1.807, 2.05) is 0 Å². The van der Waals surface area contributed by atoms with Gasteiger partial charge in [0.05, 0.1) is 23.3 Å². The molecule has 2 rings (SSSR count). The third kappa shape index (κ3) is 6.05. The van der Waals surface area contributed by atoms with Crippen LogP contribution in [0.4, 0.5) is 18.9 Å². The van der Waals surface area contributed by atoms with E-state index < -0.39 is 24.7 Å². The van der Waals surface area contributed by atoms with Crippen molar-refractivity contribution in [1.82, 2.24) is 10.2 Å². The van der Waals surface area contributed by atoms with Crippen molar-refractivity contribution in [1.29, 1.82) is 0 Å². The van der Waals surface area contributed by atoms with Crippen molar-refractivity contribution in [3.05, 3.63) is 28.2 Å². The first-order valence-electron chi connectivity index (χ1n) is 7.49. The standard InChI is InChI=1S/C15H16Cl2F3N3O2/c16-9-3-4-10(17)11(6-9)22-14(25)12-2-1-5-23(12)7-13(24)21-8-15(18,19)20/h3-4,6,12H,1-2,5,7-8H2,(H,21,24)(H,22,25). The van der Waals surface area contributed by atoms with Gasteiger partial charge in [0.2, 0.25) is 11.8 Å². The average Bonchev–Trinajstić information content (AvgIpc) is 2.96. The molecule has 1 atom stereocenters. The fourth-order valence-corrected chi connectivity index (χ4v) is 2.90. The highest BCUT2D eigenvalue weighted by atomic mass is 35.5. The van der Waals surface area contributed by atoms with E-state index in [2.05, 4.69) is 5.32 Å². The van der Waals surface area contributed by atoms with Crippen molar-refractivity contribution >= 4 is 40.7 Å². The molecule has 1 saturated heterocycles. The van der Waals surface area contributed by atoms with Crippen LogP contribution in [0.5, 0.6) is 0 Å². The van der Waals surface area contributed by atoms with Gasteiger partial charge in [-0.3, -0.25) is 14.5 Å². The van der Waals surface area contributed by atoms with Crippen molar-refractivity contribution in [2.24, 2.45) is 0 Å². The lowest BCUT2D eigenvalue weighted by molar-refractivity contribution is -0.139. The van der Waals surface area contributed by atoms with Gasteiger partial charge in [-0.25, -0.2) is 0 Å². The second kappa shape index (κ2) is 8.25. The molecule has 0 radical (unpaired) electrons. The molecule has 138 valence electrons. The van der Waals surface area contributed by atoms with Crippen LogP contribution in [-0.4, -0.2) is 48.6 Å². The van der Waals surface area contributed by atoms with E-state index in [-0.39, 0.29) is 12.5 Å². The average molecular weight is 398 g/mol. The molecule has 1 aliphatic heterocycles. The Labute approximate surface area is 152 Å². The quantitative estimate of drug-likeness (QED) is 0.802. The van der Waals surface area contributed by atoms with Gasteiger partial charge in [0.15, 0.2) is 0 Å². The van der Waals surface area contributed by atoms with Crippen LogP contribution in [0, 0.1) is 0 Å². The molecule has 1 aromatic carbocycles. The van der Waals surface area contributed by atoms with Gasteiger partial charge in [-0.15, -0.1) is 0 Å². The summed E-state index contributed by atoms with van der Waals surface area (Å²) in [4.78, 5) is 25.6. The van der Waals surface area contributed by atoms with Gasteiger partial charge >= 0.3 is 6.18 Å². The summed E-state index contributed by atoms with van der Waals surface area (Å²) in [5.41, 5.74) is 0.340. The Morgan fingerprint density at radius 2 is 2.00 bits per heavy atom. The molecule has 0 aliphatic carbocycles. The first kappa shape index (κ1) is 19.8. The summed E-state index contributed by atoms with van der Waals surface area (Å²) in [6, 6.07) is 3.99. The molecule has 0 saturated carbocycles. The number of alkyl halides is 3. The molecule has 0 spiro atoms. The van der Waals surface area contributed by atoms with Gasteiger partial charge in [-0.2, -0.15) is 13.2 Å². The predicted molar refractivity (Wildman–Crippen MR) is 88.8 cm³/mol. The number of amides is 2. The fraction of sp³-hybridized carbons (Fsp3) is 0.467. The SMILES string of the molecule is O=C(CN1CCCC1C(=O)Nc1cc(Cl)ccc1Cl)NCC(F)(F)F. The summed E-state index contributed by atoms with van der Waals surface area (Å²) in [7, 11) is 0. The Balaban J connectivity index is 1.94. The van der Waals surface area contributed by atoms with Crippen LogP contribution in [-0.2, 0) is 9.59 Å². The van der Waals surface area contributed by atoms with Gasteiger partial charge in [0, 0.05) is 5.02 Å². The van der Waals surface area contributed by atoms with Crippen molar-refractivity contribution in [3.8, 4) is 0 Å². The molecule has 2 amide bonds. The molecule has 25 heavy (non-hydrogen) atoms. The zero-order chi connectivity index (χ0) is 18.6. The molecular formula is C15H16Cl2F3N3O2. The molecule has 1 heterocycles. The lowest BCUT2D eigenvalue weighted by Gasteiger charge is -2.23. The molecule has 0 aromatic heterocycles. The third-order valence-electron chi connectivity index (χ3n) is 3.69. The highest BCUT2D eigenvalue weighted by Crippen LogP contribution is 2.27. The Bertz CT molecular complexity index is 655. The number of carbonyl (C=O) groups is 2. The van der Waals surface area contributed by atoms with Gasteiger partial charge in [0.1, 0.15) is 6.54 Å². The monoisotopic (exact) mass is 397 g/mol. The van der Waals surface area contributed by atoms with Gasteiger partial charge < -0.3 is 10.6 Å². The van der Waals surface area contributed by atoms with E-state index >= 15 is 0 Å². The van der Waals surface area contributed by atoms with E-state index in [4.69, 9.17) is 23.2 Å². The van der Waals surface area contributed by atoms with Crippen LogP contribution in [0.3, 0.4) is 0 Å². The van der Waals surface area contributed by atoms with Gasteiger partial charge in [-0.05, 0) is 37.6 Å². The van der Waals surface area contributed by atoms with Crippen LogP contribution in [0.25, 0.3) is 0 Å². The second-order valence-corrected chi connectivity index (χ2v) is 6.48. The van der Waals surface area contributed by atoms with E-state index in [0.29, 0.717) is 35.1 Å². The summed E-state index contributed by atoms with van der Waals surface area (Å²) in [6.07, 6.45) is -3.31. The lowest BCUT2D eigenvalue weighted by Crippen LogP contribution is -2.46. The highest BCUT2D eigenvalue weighted by molar-refractivity contribution is 6.35. The predicted octanol–water partition coefficient (Wildman–Crippen LogP) is 3.07. The number of hydrogen-bond acceptors (Lipinski definition) is 3. The number of benzene rings is 1. The lowest BCUT2D eigenvalue weighted by atomic mass is 10.2. The van der Waals surface area contributed by atoms with E-state index in [9.17, 15) is 22.8 Å². The zero-order valence-electron chi connectivity index (χ0n) is 13.0. The number of hydrogen-bond donors (Lipinski definition) is 2. The molecule has 0 bridgehead atoms. The van der Waals surface area contributed by atoms with Crippen molar-refractivity contribution < 1.29 is 22.8 Å². The zero-order valence-corrected chi connectivity index (χ0v) is 14.5. The number of nitrogens with one attached hydrogen (secondary N) is 2. The third-order valence-corrected chi connectivity index (χ3v) is 4.25. The van der Waals surface area contributed by atoms with Crippen LogP contribution in [0.1, 0.15) is 12.8 Å². The minimum absolute atomic E-state index is 0.280. The number of nitrogens with zero attached hydrogens (tertiary/aromatic N) is 1. The minimum atomic E-state index is -4.47. The number of likely N-dealkylation sites (tertiary alicyclic amines) is 1. The van der Waals surface area contributed by atoms with Gasteiger partial charge in [-0.1, -0.05) is 23.2 Å². The molecule has 1 aromatic rings. The van der Waals surface area contributed by atoms with Crippen LogP contribution < -0.4 is 10.6 Å². The summed E-state index contributed by atoms with van der Waals surface area (Å²) in [5, 5.41) is 5.15. The number of anilines is 1. The molecule has 1 aliphatic rings. The van der Waals surface area contributed by atoms with E-state index in [1.165, 1.54) is 12.1 Å². The van der Waals surface area contributed by atoms with Crippen LogP contribution in [0.2, 0.25) is 10.0 Å². The largest absolute Gasteiger partial charge is 0.405 e. The summed E-state index contributed by atoms with van der Waals surface area (Å²) < 4.78 is 36.4. The molecule has 2 N–H and O–H groups in total. The smallest absolute Gasteiger partial charge is 0.346 e. The number of carbonyl (C=O) groups excluding carboxylic acids is 2. The minimum Gasteiger partial charge on any atom is -0.346 e. The van der Waals surface area contributed by atoms with Crippen LogP contribution in [0.15, 0.2) is 18.2 Å². The molecule has 1 fully saturated rings. The van der Waals surface area contributed by atoms with Crippen molar-refractivity contribution in [3.63, 3.8) is 0 Å². The van der Waals surface area contributed by atoms with Crippen molar-refractivity contribution in [2.75, 3.05) is 25.0 Å². The van der Waals surface area contributed by atoms with E-state index in [1.54, 1.807) is 16.3 Å². The maximum Gasteiger partial charge on any atom is 0.405 e. The topological polar surface area (TPSA) is 61.4 Å². The molecular weight excluding hydrogens is 382 g/mol. The second-order valence-electron chi connectivity index (χ2n) is 5.63. The van der Waals surface area contributed by atoms with E-state index in [0.717, 1.165) is 0 Å². The first-order valence-corrected chi connectivity index (χ1v) is 8.25. The van der Waals surface area contributed by atoms with Crippen molar-refractivity contribution in [2.45, 2.75) is 25.1 Å².